The van der Waals surface area contributed by atoms with Crippen LogP contribution in [0.3, 0.4) is 0 Å². The molecule has 0 atom stereocenters. The van der Waals surface area contributed by atoms with Crippen molar-refractivity contribution in [2.24, 2.45) is 0 Å². The van der Waals surface area contributed by atoms with Gasteiger partial charge in [0.25, 0.3) is 0 Å². The number of amides is 1. The monoisotopic (exact) mass is 290 g/mol. The Morgan fingerprint density at radius 2 is 2.00 bits per heavy atom. The van der Waals surface area contributed by atoms with Crippen LogP contribution in [-0.4, -0.2) is 31.3 Å². The molecule has 0 radical (unpaired) electrons. The quantitative estimate of drug-likeness (QED) is 0.786. The van der Waals surface area contributed by atoms with Crippen molar-refractivity contribution in [2.45, 2.75) is 13.3 Å². The Balaban J connectivity index is 1.65. The Kier molecular flexibility index (Phi) is 5.20. The number of ether oxygens (including phenoxy) is 2. The van der Waals surface area contributed by atoms with Crippen LogP contribution in [-0.2, 0) is 11.2 Å². The summed E-state index contributed by atoms with van der Waals surface area (Å²) in [6.07, 6.45) is 0.208. The second kappa shape index (κ2) is 7.33. The van der Waals surface area contributed by atoms with Crippen LogP contribution in [0, 0.1) is 6.92 Å². The molecular weight excluding hydrogens is 272 g/mol. The number of nitrogens with zero attached hydrogens (tertiary/aromatic N) is 1. The van der Waals surface area contributed by atoms with E-state index in [4.69, 9.17) is 14.0 Å². The van der Waals surface area contributed by atoms with E-state index in [1.807, 2.05) is 24.3 Å². The first-order valence-electron chi connectivity index (χ1n) is 6.63. The van der Waals surface area contributed by atoms with E-state index in [0.29, 0.717) is 24.6 Å². The molecule has 1 amide bonds. The normalized spacial score (nSPS) is 10.2. The van der Waals surface area contributed by atoms with Gasteiger partial charge in [0.15, 0.2) is 0 Å². The first-order valence-corrected chi connectivity index (χ1v) is 6.63. The van der Waals surface area contributed by atoms with E-state index in [2.05, 4.69) is 10.5 Å². The number of methoxy groups -OCH3 is 1. The Labute approximate surface area is 123 Å². The summed E-state index contributed by atoms with van der Waals surface area (Å²) >= 11 is 0. The summed E-state index contributed by atoms with van der Waals surface area (Å²) in [7, 11) is 1.61. The summed E-state index contributed by atoms with van der Waals surface area (Å²) in [6.45, 7) is 2.62. The Morgan fingerprint density at radius 3 is 2.62 bits per heavy atom. The SMILES string of the molecule is COc1ccc(OCCNC(=O)Cc2cc(C)on2)cc1. The molecule has 1 N–H and O–H groups in total. The first kappa shape index (κ1) is 14.9. The van der Waals surface area contributed by atoms with Crippen LogP contribution in [0.15, 0.2) is 34.9 Å². The number of carbonyl (C=O) groups excluding carboxylic acids is 1. The highest BCUT2D eigenvalue weighted by Crippen LogP contribution is 2.16. The lowest BCUT2D eigenvalue weighted by Crippen LogP contribution is -2.29. The van der Waals surface area contributed by atoms with Crippen LogP contribution in [0.25, 0.3) is 0 Å². The van der Waals surface area contributed by atoms with Gasteiger partial charge < -0.3 is 19.3 Å². The first-order chi connectivity index (χ1) is 10.2. The molecule has 6 nitrogen and oxygen atoms in total. The van der Waals surface area contributed by atoms with Crippen LogP contribution in [0.2, 0.25) is 0 Å². The van der Waals surface area contributed by atoms with Gasteiger partial charge in [-0.15, -0.1) is 0 Å². The van der Waals surface area contributed by atoms with Gasteiger partial charge in [0.2, 0.25) is 5.91 Å². The fourth-order valence-electron chi connectivity index (χ4n) is 1.76. The van der Waals surface area contributed by atoms with Gasteiger partial charge >= 0.3 is 0 Å². The summed E-state index contributed by atoms with van der Waals surface area (Å²) in [5.74, 6) is 2.10. The zero-order chi connectivity index (χ0) is 15.1. The second-order valence-electron chi connectivity index (χ2n) is 4.48. The van der Waals surface area contributed by atoms with Crippen molar-refractivity contribution in [3.63, 3.8) is 0 Å². The van der Waals surface area contributed by atoms with E-state index in [-0.39, 0.29) is 12.3 Å². The maximum Gasteiger partial charge on any atom is 0.226 e. The maximum atomic E-state index is 11.7. The third kappa shape index (κ3) is 4.83. The molecule has 2 aromatic rings. The Hall–Kier alpha value is -2.50. The highest BCUT2D eigenvalue weighted by molar-refractivity contribution is 5.78. The van der Waals surface area contributed by atoms with Gasteiger partial charge in [-0.1, -0.05) is 5.16 Å². The van der Waals surface area contributed by atoms with Crippen molar-refractivity contribution in [2.75, 3.05) is 20.3 Å². The molecule has 0 spiro atoms. The summed E-state index contributed by atoms with van der Waals surface area (Å²) in [5, 5.41) is 6.53. The number of aryl methyl sites for hydroxylation is 1. The standard InChI is InChI=1S/C15H18N2O4/c1-11-9-12(17-21-11)10-15(18)16-7-8-20-14-5-3-13(19-2)4-6-14/h3-6,9H,7-8,10H2,1-2H3,(H,16,18). The van der Waals surface area contributed by atoms with E-state index in [1.54, 1.807) is 20.1 Å². The molecule has 1 aromatic carbocycles. The molecule has 0 fully saturated rings. The fraction of sp³-hybridized carbons (Fsp3) is 0.333. The molecule has 0 unspecified atom stereocenters. The molecule has 0 aliphatic rings. The predicted octanol–water partition coefficient (Wildman–Crippen LogP) is 1.73. The molecular formula is C15H18N2O4. The number of hydrogen-bond donors (Lipinski definition) is 1. The van der Waals surface area contributed by atoms with Gasteiger partial charge in [0, 0.05) is 6.07 Å². The third-order valence-electron chi connectivity index (χ3n) is 2.77. The lowest BCUT2D eigenvalue weighted by atomic mass is 10.3. The molecule has 21 heavy (non-hydrogen) atoms. The van der Waals surface area contributed by atoms with E-state index >= 15 is 0 Å². The summed E-state index contributed by atoms with van der Waals surface area (Å²) in [6, 6.07) is 9.02. The number of carbonyl (C=O) groups is 1. The minimum Gasteiger partial charge on any atom is -0.497 e. The number of nitrogens with one attached hydrogen (secondary N) is 1. The zero-order valence-electron chi connectivity index (χ0n) is 12.1. The molecule has 112 valence electrons. The average Bonchev–Trinajstić information content (AvgIpc) is 2.89. The maximum absolute atomic E-state index is 11.7. The molecule has 1 heterocycles. The van der Waals surface area contributed by atoms with Crippen LogP contribution < -0.4 is 14.8 Å². The van der Waals surface area contributed by atoms with Crippen molar-refractivity contribution >= 4 is 5.91 Å². The number of aromatic nitrogens is 1. The van der Waals surface area contributed by atoms with Crippen molar-refractivity contribution in [3.05, 3.63) is 41.8 Å². The van der Waals surface area contributed by atoms with Crippen LogP contribution in [0.4, 0.5) is 0 Å². The van der Waals surface area contributed by atoms with Gasteiger partial charge in [-0.25, -0.2) is 0 Å². The molecule has 6 heteroatoms. The van der Waals surface area contributed by atoms with Crippen LogP contribution in [0.5, 0.6) is 11.5 Å². The lowest BCUT2D eigenvalue weighted by Gasteiger charge is -2.08. The van der Waals surface area contributed by atoms with Crippen molar-refractivity contribution in [3.8, 4) is 11.5 Å². The molecule has 1 aromatic heterocycles. The predicted molar refractivity (Wildman–Crippen MR) is 76.4 cm³/mol. The minimum atomic E-state index is -0.110. The van der Waals surface area contributed by atoms with Crippen LogP contribution in [0.1, 0.15) is 11.5 Å². The van der Waals surface area contributed by atoms with Crippen molar-refractivity contribution in [1.29, 1.82) is 0 Å². The van der Waals surface area contributed by atoms with Gasteiger partial charge in [0.05, 0.1) is 25.8 Å². The smallest absolute Gasteiger partial charge is 0.226 e. The average molecular weight is 290 g/mol. The van der Waals surface area contributed by atoms with Crippen molar-refractivity contribution < 1.29 is 18.8 Å². The number of benzene rings is 1. The van der Waals surface area contributed by atoms with E-state index < -0.39 is 0 Å². The Bertz CT molecular complexity index is 578. The second-order valence-corrected chi connectivity index (χ2v) is 4.48. The van der Waals surface area contributed by atoms with Crippen LogP contribution >= 0.6 is 0 Å². The molecule has 0 bridgehead atoms. The molecule has 0 aliphatic heterocycles. The lowest BCUT2D eigenvalue weighted by molar-refractivity contribution is -0.120. The van der Waals surface area contributed by atoms with Crippen molar-refractivity contribution in [1.82, 2.24) is 10.5 Å². The zero-order valence-corrected chi connectivity index (χ0v) is 12.1. The molecule has 0 aliphatic carbocycles. The number of rotatable bonds is 7. The third-order valence-corrected chi connectivity index (χ3v) is 2.77. The van der Waals surface area contributed by atoms with E-state index in [1.165, 1.54) is 0 Å². The minimum absolute atomic E-state index is 0.110. The van der Waals surface area contributed by atoms with Gasteiger partial charge in [-0.05, 0) is 31.2 Å². The van der Waals surface area contributed by atoms with Gasteiger partial charge in [0.1, 0.15) is 23.9 Å². The van der Waals surface area contributed by atoms with Gasteiger partial charge in [-0.3, -0.25) is 4.79 Å². The number of hydrogen-bond acceptors (Lipinski definition) is 5. The summed E-state index contributed by atoms with van der Waals surface area (Å²) < 4.78 is 15.5. The van der Waals surface area contributed by atoms with E-state index in [0.717, 1.165) is 11.5 Å². The molecule has 0 saturated heterocycles. The Morgan fingerprint density at radius 1 is 1.29 bits per heavy atom. The molecule has 2 rings (SSSR count). The fourth-order valence-corrected chi connectivity index (χ4v) is 1.76. The summed E-state index contributed by atoms with van der Waals surface area (Å²) in [5.41, 5.74) is 0.626. The highest BCUT2D eigenvalue weighted by Gasteiger charge is 2.06. The van der Waals surface area contributed by atoms with Gasteiger partial charge in [-0.2, -0.15) is 0 Å². The van der Waals surface area contributed by atoms with E-state index in [9.17, 15) is 4.79 Å². The summed E-state index contributed by atoms with van der Waals surface area (Å²) in [4.78, 5) is 11.7. The largest absolute Gasteiger partial charge is 0.497 e. The highest BCUT2D eigenvalue weighted by atomic mass is 16.5. The topological polar surface area (TPSA) is 73.6 Å². The molecule has 0 saturated carbocycles.